The van der Waals surface area contributed by atoms with Crippen LogP contribution in [0.25, 0.3) is 0 Å². The van der Waals surface area contributed by atoms with Gasteiger partial charge < -0.3 is 0 Å². The maximum absolute atomic E-state index is 10.6. The molecule has 1 unspecified atom stereocenters. The highest BCUT2D eigenvalue weighted by atomic mass is 16.6. The standard InChI is InChI=1S/C12H17NO2/c1-9-4-6-12(7-5-9)10(2)8-15-13-11(3)14/h4-7,10H,8H2,1-3H3,(H,13,14). The third kappa shape index (κ3) is 4.13. The van der Waals surface area contributed by atoms with E-state index in [4.69, 9.17) is 4.84 Å². The maximum atomic E-state index is 10.6. The van der Waals surface area contributed by atoms with Crippen LogP contribution < -0.4 is 5.48 Å². The van der Waals surface area contributed by atoms with Gasteiger partial charge in [0.15, 0.2) is 0 Å². The van der Waals surface area contributed by atoms with E-state index in [9.17, 15) is 4.79 Å². The molecule has 1 amide bonds. The van der Waals surface area contributed by atoms with Crippen molar-refractivity contribution in [2.45, 2.75) is 26.7 Å². The maximum Gasteiger partial charge on any atom is 0.240 e. The highest BCUT2D eigenvalue weighted by Gasteiger charge is 2.05. The van der Waals surface area contributed by atoms with Crippen molar-refractivity contribution in [3.8, 4) is 0 Å². The first-order valence-electron chi connectivity index (χ1n) is 5.04. The molecule has 0 aliphatic carbocycles. The lowest BCUT2D eigenvalue weighted by molar-refractivity contribution is -0.131. The summed E-state index contributed by atoms with van der Waals surface area (Å²) >= 11 is 0. The van der Waals surface area contributed by atoms with Gasteiger partial charge in [-0.3, -0.25) is 9.63 Å². The lowest BCUT2D eigenvalue weighted by Gasteiger charge is -2.12. The van der Waals surface area contributed by atoms with Crippen LogP contribution in [-0.2, 0) is 9.63 Å². The Labute approximate surface area is 90.4 Å². The number of aryl methyl sites for hydroxylation is 1. The molecule has 1 atom stereocenters. The molecule has 1 rings (SSSR count). The number of rotatable bonds is 4. The largest absolute Gasteiger partial charge is 0.273 e. The lowest BCUT2D eigenvalue weighted by atomic mass is 10.0. The van der Waals surface area contributed by atoms with Crippen molar-refractivity contribution in [2.75, 3.05) is 6.61 Å². The zero-order chi connectivity index (χ0) is 11.3. The Kier molecular flexibility index (Phi) is 4.31. The Balaban J connectivity index is 2.43. The van der Waals surface area contributed by atoms with Gasteiger partial charge in [-0.25, -0.2) is 5.48 Å². The summed E-state index contributed by atoms with van der Waals surface area (Å²) in [5, 5.41) is 0. The number of carbonyl (C=O) groups is 1. The summed E-state index contributed by atoms with van der Waals surface area (Å²) in [5.74, 6) is 0.101. The van der Waals surface area contributed by atoms with E-state index in [1.807, 2.05) is 0 Å². The van der Waals surface area contributed by atoms with Crippen LogP contribution in [-0.4, -0.2) is 12.5 Å². The summed E-state index contributed by atoms with van der Waals surface area (Å²) in [7, 11) is 0. The van der Waals surface area contributed by atoms with E-state index < -0.39 is 0 Å². The molecule has 0 radical (unpaired) electrons. The molecule has 0 aliphatic rings. The number of hydrogen-bond donors (Lipinski definition) is 1. The van der Waals surface area contributed by atoms with Gasteiger partial charge in [0.1, 0.15) is 0 Å². The molecule has 0 saturated carbocycles. The van der Waals surface area contributed by atoms with Crippen LogP contribution in [0.15, 0.2) is 24.3 Å². The van der Waals surface area contributed by atoms with Gasteiger partial charge in [0.25, 0.3) is 0 Å². The SMILES string of the molecule is CC(=O)NOCC(C)c1ccc(C)cc1. The molecular formula is C12H17NO2. The van der Waals surface area contributed by atoms with Crippen LogP contribution in [0, 0.1) is 6.92 Å². The van der Waals surface area contributed by atoms with Crippen molar-refractivity contribution in [1.82, 2.24) is 5.48 Å². The van der Waals surface area contributed by atoms with Crippen molar-refractivity contribution < 1.29 is 9.63 Å². The van der Waals surface area contributed by atoms with E-state index >= 15 is 0 Å². The third-order valence-electron chi connectivity index (χ3n) is 2.20. The van der Waals surface area contributed by atoms with E-state index in [2.05, 4.69) is 43.6 Å². The van der Waals surface area contributed by atoms with Crippen molar-refractivity contribution in [2.24, 2.45) is 0 Å². The summed E-state index contributed by atoms with van der Waals surface area (Å²) in [4.78, 5) is 15.6. The van der Waals surface area contributed by atoms with Gasteiger partial charge in [0.2, 0.25) is 5.91 Å². The highest BCUT2D eigenvalue weighted by molar-refractivity contribution is 5.71. The van der Waals surface area contributed by atoms with Crippen molar-refractivity contribution >= 4 is 5.91 Å². The van der Waals surface area contributed by atoms with Crippen molar-refractivity contribution in [3.63, 3.8) is 0 Å². The summed E-state index contributed by atoms with van der Waals surface area (Å²) in [6.07, 6.45) is 0. The summed E-state index contributed by atoms with van der Waals surface area (Å²) in [5.41, 5.74) is 4.78. The van der Waals surface area contributed by atoms with Gasteiger partial charge in [-0.05, 0) is 12.5 Å². The first-order chi connectivity index (χ1) is 7.09. The van der Waals surface area contributed by atoms with Crippen LogP contribution in [0.4, 0.5) is 0 Å². The fourth-order valence-corrected chi connectivity index (χ4v) is 1.26. The predicted octanol–water partition coefficient (Wildman–Crippen LogP) is 2.17. The Morgan fingerprint density at radius 2 is 2.00 bits per heavy atom. The van der Waals surface area contributed by atoms with E-state index in [0.717, 1.165) is 0 Å². The second-order valence-corrected chi connectivity index (χ2v) is 3.78. The Hall–Kier alpha value is -1.35. The van der Waals surface area contributed by atoms with E-state index in [1.54, 1.807) is 0 Å². The number of nitrogens with one attached hydrogen (secondary N) is 1. The normalized spacial score (nSPS) is 12.2. The summed E-state index contributed by atoms with van der Waals surface area (Å²) in [6, 6.07) is 8.31. The van der Waals surface area contributed by atoms with Crippen molar-refractivity contribution in [3.05, 3.63) is 35.4 Å². The predicted molar refractivity (Wildman–Crippen MR) is 59.4 cm³/mol. The molecule has 0 aromatic heterocycles. The quantitative estimate of drug-likeness (QED) is 0.768. The molecular weight excluding hydrogens is 190 g/mol. The van der Waals surface area contributed by atoms with Crippen molar-refractivity contribution in [1.29, 1.82) is 0 Å². The van der Waals surface area contributed by atoms with Crippen LogP contribution in [0.1, 0.15) is 30.9 Å². The minimum atomic E-state index is -0.175. The van der Waals surface area contributed by atoms with Gasteiger partial charge in [-0.15, -0.1) is 0 Å². The Morgan fingerprint density at radius 1 is 1.40 bits per heavy atom. The van der Waals surface area contributed by atoms with Crippen LogP contribution in [0.2, 0.25) is 0 Å². The van der Waals surface area contributed by atoms with Crippen LogP contribution in [0.5, 0.6) is 0 Å². The van der Waals surface area contributed by atoms with Gasteiger partial charge in [0.05, 0.1) is 6.61 Å². The molecule has 0 heterocycles. The van der Waals surface area contributed by atoms with E-state index in [1.165, 1.54) is 18.1 Å². The first-order valence-corrected chi connectivity index (χ1v) is 5.04. The average Bonchev–Trinajstić information content (AvgIpc) is 2.18. The smallest absolute Gasteiger partial charge is 0.240 e. The zero-order valence-corrected chi connectivity index (χ0v) is 9.41. The molecule has 15 heavy (non-hydrogen) atoms. The molecule has 0 spiro atoms. The first kappa shape index (κ1) is 11.7. The van der Waals surface area contributed by atoms with Gasteiger partial charge in [0, 0.05) is 12.8 Å². The van der Waals surface area contributed by atoms with E-state index in [-0.39, 0.29) is 11.8 Å². The van der Waals surface area contributed by atoms with E-state index in [0.29, 0.717) is 6.61 Å². The minimum absolute atomic E-state index is 0.175. The molecule has 82 valence electrons. The molecule has 1 aromatic carbocycles. The molecule has 0 fully saturated rings. The topological polar surface area (TPSA) is 38.3 Å². The molecule has 3 nitrogen and oxygen atoms in total. The van der Waals surface area contributed by atoms with Gasteiger partial charge in [-0.2, -0.15) is 0 Å². The monoisotopic (exact) mass is 207 g/mol. The minimum Gasteiger partial charge on any atom is -0.273 e. The molecule has 0 saturated heterocycles. The number of hydrogen-bond acceptors (Lipinski definition) is 2. The highest BCUT2D eigenvalue weighted by Crippen LogP contribution is 2.15. The second-order valence-electron chi connectivity index (χ2n) is 3.78. The molecule has 1 aromatic rings. The average molecular weight is 207 g/mol. The Bertz CT molecular complexity index is 319. The van der Waals surface area contributed by atoms with Gasteiger partial charge in [-0.1, -0.05) is 36.8 Å². The zero-order valence-electron chi connectivity index (χ0n) is 9.41. The number of benzene rings is 1. The van der Waals surface area contributed by atoms with Crippen LogP contribution >= 0.6 is 0 Å². The second kappa shape index (κ2) is 5.51. The van der Waals surface area contributed by atoms with Crippen LogP contribution in [0.3, 0.4) is 0 Å². The summed E-state index contributed by atoms with van der Waals surface area (Å²) in [6.45, 7) is 6.04. The fraction of sp³-hybridized carbons (Fsp3) is 0.417. The fourth-order valence-electron chi connectivity index (χ4n) is 1.26. The number of hydroxylamine groups is 1. The lowest BCUT2D eigenvalue weighted by Crippen LogP contribution is -2.22. The number of amides is 1. The number of carbonyl (C=O) groups excluding carboxylic acids is 1. The molecule has 1 N–H and O–H groups in total. The third-order valence-corrected chi connectivity index (χ3v) is 2.20. The Morgan fingerprint density at radius 3 is 2.53 bits per heavy atom. The molecule has 0 bridgehead atoms. The molecule has 3 heteroatoms. The molecule has 0 aliphatic heterocycles. The summed E-state index contributed by atoms with van der Waals surface area (Å²) < 4.78 is 0. The van der Waals surface area contributed by atoms with Gasteiger partial charge >= 0.3 is 0 Å².